The van der Waals surface area contributed by atoms with E-state index in [1.165, 1.54) is 90.4 Å². The maximum atomic E-state index is 12.0. The van der Waals surface area contributed by atoms with Crippen molar-refractivity contribution in [3.05, 3.63) is 24.3 Å². The molecule has 1 rings (SSSR count). The van der Waals surface area contributed by atoms with Crippen molar-refractivity contribution in [2.75, 3.05) is 23.7 Å². The number of amides is 2. The molecule has 3 N–H and O–H groups in total. The Balaban J connectivity index is 1.87. The molecule has 0 saturated heterocycles. The molecule has 5 heteroatoms. The molecule has 0 aromatic heterocycles. The molecule has 0 saturated carbocycles. The Morgan fingerprint density at radius 2 is 1.06 bits per heavy atom. The largest absolute Gasteiger partial charge is 0.326 e. The highest BCUT2D eigenvalue weighted by Crippen LogP contribution is 2.14. The normalized spacial score (nSPS) is 10.8. The number of anilines is 2. The van der Waals surface area contributed by atoms with Crippen molar-refractivity contribution in [2.24, 2.45) is 0 Å². The van der Waals surface area contributed by atoms with Gasteiger partial charge in [-0.25, -0.2) is 0 Å². The van der Waals surface area contributed by atoms with Crippen molar-refractivity contribution in [1.29, 1.82) is 0 Å². The van der Waals surface area contributed by atoms with Gasteiger partial charge in [-0.2, -0.15) is 0 Å². The second-order valence-electron chi connectivity index (χ2n) is 8.58. The summed E-state index contributed by atoms with van der Waals surface area (Å²) in [4.78, 5) is 23.0. The maximum Gasteiger partial charge on any atom is 0.238 e. The lowest BCUT2D eigenvalue weighted by Crippen LogP contribution is -2.28. The molecule has 0 heterocycles. The van der Waals surface area contributed by atoms with Crippen LogP contribution in [0.1, 0.15) is 104 Å². The van der Waals surface area contributed by atoms with Gasteiger partial charge in [0.15, 0.2) is 0 Å². The average molecular weight is 432 g/mol. The first-order valence-corrected chi connectivity index (χ1v) is 12.5. The van der Waals surface area contributed by atoms with Gasteiger partial charge in [0, 0.05) is 18.3 Å². The van der Waals surface area contributed by atoms with E-state index in [1.807, 2.05) is 0 Å². The first-order valence-electron chi connectivity index (χ1n) is 12.5. The summed E-state index contributed by atoms with van der Waals surface area (Å²) in [6.45, 7) is 4.95. The first kappa shape index (κ1) is 27.2. The Labute approximate surface area is 190 Å². The van der Waals surface area contributed by atoms with Crippen LogP contribution in [-0.2, 0) is 9.59 Å². The highest BCUT2D eigenvalue weighted by Gasteiger charge is 2.02. The third-order valence-corrected chi connectivity index (χ3v) is 5.48. The highest BCUT2D eigenvalue weighted by molar-refractivity contribution is 5.93. The van der Waals surface area contributed by atoms with Crippen molar-refractivity contribution >= 4 is 23.2 Å². The van der Waals surface area contributed by atoms with Crippen LogP contribution in [0.15, 0.2) is 24.3 Å². The van der Waals surface area contributed by atoms with Crippen molar-refractivity contribution in [3.63, 3.8) is 0 Å². The molecule has 1 aromatic carbocycles. The third kappa shape index (κ3) is 16.5. The van der Waals surface area contributed by atoms with Crippen LogP contribution in [0.5, 0.6) is 0 Å². The van der Waals surface area contributed by atoms with E-state index in [-0.39, 0.29) is 11.8 Å². The standard InChI is InChI=1S/C26H45N3O2/c1-3-4-5-6-7-8-9-10-11-12-13-14-15-16-21-27-22-26(31)29-25-19-17-24(18-20-25)28-23(2)30/h17-20,27H,3-16,21-22H2,1-2H3,(H,28,30)(H,29,31). The van der Waals surface area contributed by atoms with Gasteiger partial charge in [0.05, 0.1) is 6.54 Å². The van der Waals surface area contributed by atoms with E-state index in [2.05, 4.69) is 22.9 Å². The van der Waals surface area contributed by atoms with Crippen molar-refractivity contribution in [2.45, 2.75) is 104 Å². The molecular weight excluding hydrogens is 386 g/mol. The molecule has 2 amide bonds. The second-order valence-corrected chi connectivity index (χ2v) is 8.58. The Kier molecular flexibility index (Phi) is 16.5. The molecule has 0 aliphatic rings. The summed E-state index contributed by atoms with van der Waals surface area (Å²) in [6, 6.07) is 7.13. The summed E-state index contributed by atoms with van der Waals surface area (Å²) in [6.07, 6.45) is 19.0. The number of carbonyl (C=O) groups excluding carboxylic acids is 2. The van der Waals surface area contributed by atoms with Gasteiger partial charge in [0.1, 0.15) is 0 Å². The Morgan fingerprint density at radius 1 is 0.645 bits per heavy atom. The number of hydrogen-bond donors (Lipinski definition) is 3. The lowest BCUT2D eigenvalue weighted by atomic mass is 10.0. The first-order chi connectivity index (χ1) is 15.1. The van der Waals surface area contributed by atoms with E-state index in [0.29, 0.717) is 6.54 Å². The Bertz CT molecular complexity index is 587. The zero-order valence-corrected chi connectivity index (χ0v) is 19.9. The molecule has 0 radical (unpaired) electrons. The van der Waals surface area contributed by atoms with Crippen LogP contribution >= 0.6 is 0 Å². The van der Waals surface area contributed by atoms with Gasteiger partial charge in [-0.3, -0.25) is 9.59 Å². The fraction of sp³-hybridized carbons (Fsp3) is 0.692. The molecule has 0 fully saturated rings. The molecule has 0 bridgehead atoms. The molecule has 31 heavy (non-hydrogen) atoms. The second kappa shape index (κ2) is 18.9. The smallest absolute Gasteiger partial charge is 0.238 e. The van der Waals surface area contributed by atoms with Crippen LogP contribution in [0.3, 0.4) is 0 Å². The van der Waals surface area contributed by atoms with E-state index >= 15 is 0 Å². The summed E-state index contributed by atoms with van der Waals surface area (Å²) in [7, 11) is 0. The molecular formula is C26H45N3O2. The zero-order valence-electron chi connectivity index (χ0n) is 19.9. The van der Waals surface area contributed by atoms with Crippen LogP contribution in [0, 0.1) is 0 Å². The molecule has 0 spiro atoms. The molecule has 176 valence electrons. The van der Waals surface area contributed by atoms with Crippen LogP contribution in [0.2, 0.25) is 0 Å². The predicted octanol–water partition coefficient (Wildman–Crippen LogP) is 6.65. The summed E-state index contributed by atoms with van der Waals surface area (Å²) in [5.41, 5.74) is 1.46. The van der Waals surface area contributed by atoms with Crippen LogP contribution in [0.4, 0.5) is 11.4 Å². The van der Waals surface area contributed by atoms with Crippen molar-refractivity contribution in [3.8, 4) is 0 Å². The highest BCUT2D eigenvalue weighted by atomic mass is 16.2. The number of nitrogens with one attached hydrogen (secondary N) is 3. The molecule has 0 unspecified atom stereocenters. The van der Waals surface area contributed by atoms with E-state index in [4.69, 9.17) is 0 Å². The van der Waals surface area contributed by atoms with Crippen molar-refractivity contribution < 1.29 is 9.59 Å². The van der Waals surface area contributed by atoms with Gasteiger partial charge in [-0.1, -0.05) is 90.4 Å². The monoisotopic (exact) mass is 431 g/mol. The average Bonchev–Trinajstić information content (AvgIpc) is 2.74. The number of hydrogen-bond acceptors (Lipinski definition) is 3. The minimum absolute atomic E-state index is 0.0439. The van der Waals surface area contributed by atoms with Crippen LogP contribution in [0.25, 0.3) is 0 Å². The van der Waals surface area contributed by atoms with E-state index in [0.717, 1.165) is 24.3 Å². The number of carbonyl (C=O) groups is 2. The van der Waals surface area contributed by atoms with Crippen LogP contribution in [-0.4, -0.2) is 24.9 Å². The lowest BCUT2D eigenvalue weighted by Gasteiger charge is -2.08. The summed E-state index contributed by atoms with van der Waals surface area (Å²) < 4.78 is 0. The summed E-state index contributed by atoms with van der Waals surface area (Å²) >= 11 is 0. The van der Waals surface area contributed by atoms with Crippen molar-refractivity contribution in [1.82, 2.24) is 5.32 Å². The molecule has 0 aliphatic carbocycles. The maximum absolute atomic E-state index is 12.0. The van der Waals surface area contributed by atoms with E-state index < -0.39 is 0 Å². The van der Waals surface area contributed by atoms with Gasteiger partial charge in [-0.15, -0.1) is 0 Å². The lowest BCUT2D eigenvalue weighted by molar-refractivity contribution is -0.115. The fourth-order valence-electron chi connectivity index (χ4n) is 3.69. The minimum Gasteiger partial charge on any atom is -0.326 e. The van der Waals surface area contributed by atoms with E-state index in [9.17, 15) is 9.59 Å². The molecule has 0 atom stereocenters. The summed E-state index contributed by atoms with van der Waals surface area (Å²) in [5, 5.41) is 8.78. The third-order valence-electron chi connectivity index (χ3n) is 5.48. The van der Waals surface area contributed by atoms with Gasteiger partial charge in [-0.05, 0) is 37.2 Å². The van der Waals surface area contributed by atoms with Crippen LogP contribution < -0.4 is 16.0 Å². The summed E-state index contributed by atoms with van der Waals surface area (Å²) in [5.74, 6) is -0.151. The number of rotatable bonds is 19. The number of unbranched alkanes of at least 4 members (excludes halogenated alkanes) is 13. The Hall–Kier alpha value is -1.88. The quantitative estimate of drug-likeness (QED) is 0.215. The molecule has 0 aliphatic heterocycles. The van der Waals surface area contributed by atoms with E-state index in [1.54, 1.807) is 24.3 Å². The zero-order chi connectivity index (χ0) is 22.6. The number of benzene rings is 1. The SMILES string of the molecule is CCCCCCCCCCCCCCCCNCC(=O)Nc1ccc(NC(C)=O)cc1. The van der Waals surface area contributed by atoms with Gasteiger partial charge < -0.3 is 16.0 Å². The predicted molar refractivity (Wildman–Crippen MR) is 133 cm³/mol. The van der Waals surface area contributed by atoms with Gasteiger partial charge in [0.2, 0.25) is 11.8 Å². The van der Waals surface area contributed by atoms with Gasteiger partial charge in [0.25, 0.3) is 0 Å². The minimum atomic E-state index is -0.107. The topological polar surface area (TPSA) is 70.2 Å². The molecule has 1 aromatic rings. The molecule has 5 nitrogen and oxygen atoms in total. The Morgan fingerprint density at radius 3 is 1.52 bits per heavy atom. The van der Waals surface area contributed by atoms with Gasteiger partial charge >= 0.3 is 0 Å². The fourth-order valence-corrected chi connectivity index (χ4v) is 3.69.